The van der Waals surface area contributed by atoms with E-state index in [2.05, 4.69) is 0 Å². The zero-order chi connectivity index (χ0) is 15.5. The number of carbonyl (C=O) groups excluding carboxylic acids is 6. The maximum Gasteiger partial charge on any atom is 3.00 e. The monoisotopic (exact) mass is 442 g/mol. The average Bonchev–Trinajstić information content (AvgIpc) is 2.18. The molecule has 14 heteroatoms. The van der Waals surface area contributed by atoms with E-state index in [4.69, 9.17) is 59.4 Å². The van der Waals surface area contributed by atoms with Crippen molar-refractivity contribution in [3.63, 3.8) is 0 Å². The molecule has 0 aliphatic rings. The smallest absolute Gasteiger partial charge is 0.543 e. The van der Waals surface area contributed by atoms with E-state index < -0.39 is 35.8 Å². The summed E-state index contributed by atoms with van der Waals surface area (Å²) in [5.41, 5.74) is 0. The minimum Gasteiger partial charge on any atom is -0.543 e. The van der Waals surface area contributed by atoms with Gasteiger partial charge in [-0.25, -0.2) is 0 Å². The molecule has 0 rings (SSSR count). The molecule has 0 fully saturated rings. The zero-order valence-corrected chi connectivity index (χ0v) is 14.7. The van der Waals surface area contributed by atoms with Crippen LogP contribution in [0.5, 0.6) is 0 Å². The molecule has 20 heavy (non-hydrogen) atoms. The van der Waals surface area contributed by atoms with Gasteiger partial charge in [0.05, 0.1) is 35.8 Å². The minimum absolute atomic E-state index is 0. The van der Waals surface area contributed by atoms with Gasteiger partial charge in [-0.1, -0.05) is 0 Å². The number of aliphatic carboxylic acids is 6. The molecule has 0 atom stereocenters. The molecule has 0 saturated carbocycles. The van der Waals surface area contributed by atoms with Crippen LogP contribution in [0.15, 0.2) is 0 Å². The van der Waals surface area contributed by atoms with Crippen LogP contribution in [0.1, 0.15) is 0 Å². The van der Waals surface area contributed by atoms with Gasteiger partial charge < -0.3 is 59.4 Å². The fraction of sp³-hybridized carbons (Fsp3) is 0. The van der Waals surface area contributed by atoms with Crippen molar-refractivity contribution in [3.8, 4) is 0 Å². The maximum absolute atomic E-state index is 8.93. The first-order valence-electron chi connectivity index (χ1n) is 3.20. The van der Waals surface area contributed by atoms with Crippen molar-refractivity contribution in [3.05, 3.63) is 0 Å². The van der Waals surface area contributed by atoms with Gasteiger partial charge in [-0.2, -0.15) is 0 Å². The first kappa shape index (κ1) is 31.4. The number of carbonyl (C=O) groups is 6. The van der Waals surface area contributed by atoms with E-state index in [1.54, 1.807) is 0 Å². The number of carboxylic acids is 6. The Balaban J connectivity index is -0.0000000536. The van der Waals surface area contributed by atoms with Gasteiger partial charge >= 0.3 is 65.4 Å². The standard InChI is InChI=1S/3C2H2O4.2Y/c3*3-1(4)2(5)6;;/h3*(H,3,4)(H,5,6);;/q;;;2*+3/p-6. The summed E-state index contributed by atoms with van der Waals surface area (Å²) in [7, 11) is 0. The summed E-state index contributed by atoms with van der Waals surface area (Å²) < 4.78 is 0. The molecule has 0 aliphatic carbocycles. The second-order valence-corrected chi connectivity index (χ2v) is 1.72. The van der Waals surface area contributed by atoms with Gasteiger partial charge in [0.2, 0.25) is 0 Å². The third-order valence-electron chi connectivity index (χ3n) is 0.500. The van der Waals surface area contributed by atoms with Crippen molar-refractivity contribution in [2.45, 2.75) is 0 Å². The van der Waals surface area contributed by atoms with Crippen LogP contribution in [0.4, 0.5) is 0 Å². The van der Waals surface area contributed by atoms with Gasteiger partial charge in [0.25, 0.3) is 0 Å². The number of carboxylic acid groups (broad SMARTS) is 6. The van der Waals surface area contributed by atoms with Crippen molar-refractivity contribution in [2.24, 2.45) is 0 Å². The molecule has 0 bridgehead atoms. The van der Waals surface area contributed by atoms with Crippen LogP contribution in [0.2, 0.25) is 0 Å². The van der Waals surface area contributed by atoms with Gasteiger partial charge in [-0.15, -0.1) is 0 Å². The van der Waals surface area contributed by atoms with Gasteiger partial charge in [0, 0.05) is 0 Å². The van der Waals surface area contributed by atoms with Crippen molar-refractivity contribution in [2.75, 3.05) is 0 Å². The van der Waals surface area contributed by atoms with E-state index in [1.165, 1.54) is 0 Å². The molecule has 0 N–H and O–H groups in total. The Hall–Kier alpha value is -0.972. The van der Waals surface area contributed by atoms with Gasteiger partial charge in [-0.3, -0.25) is 0 Å². The van der Waals surface area contributed by atoms with E-state index in [1.807, 2.05) is 0 Å². The summed E-state index contributed by atoms with van der Waals surface area (Å²) >= 11 is 0. The van der Waals surface area contributed by atoms with Crippen molar-refractivity contribution in [1.82, 2.24) is 0 Å². The Bertz CT molecular complexity index is 281. The molecule has 0 aliphatic heterocycles. The molecule has 0 amide bonds. The Morgan fingerprint density at radius 3 is 0.400 bits per heavy atom. The molecule has 0 radical (unpaired) electrons. The molecule has 0 heterocycles. The van der Waals surface area contributed by atoms with Crippen LogP contribution < -0.4 is 30.6 Å². The second kappa shape index (κ2) is 18.0. The summed E-state index contributed by atoms with van der Waals surface area (Å²) in [5.74, 6) is -13.1. The normalized spacial score (nSPS) is 6.60. The number of rotatable bonds is 0. The molecule has 0 aromatic rings. The van der Waals surface area contributed by atoms with E-state index in [0.717, 1.165) is 0 Å². The van der Waals surface area contributed by atoms with Crippen molar-refractivity contribution < 1.29 is 125 Å². The molecule has 0 spiro atoms. The Morgan fingerprint density at radius 1 is 0.350 bits per heavy atom. The van der Waals surface area contributed by atoms with E-state index >= 15 is 0 Å². The Labute approximate surface area is 159 Å². The fourth-order valence-electron chi connectivity index (χ4n) is 0. The molecule has 102 valence electrons. The SMILES string of the molecule is O=C([O-])C(=O)[O-].O=C([O-])C(=O)[O-].O=C([O-])C(=O)[O-].[Y+3].[Y+3]. The van der Waals surface area contributed by atoms with Crippen LogP contribution >= 0.6 is 0 Å². The first-order chi connectivity index (χ1) is 7.93. The molecule has 0 saturated heterocycles. The maximum atomic E-state index is 8.93. The molecule has 0 aromatic heterocycles. The van der Waals surface area contributed by atoms with E-state index in [9.17, 15) is 0 Å². The average molecular weight is 442 g/mol. The molecular formula is C6O12Y2. The van der Waals surface area contributed by atoms with Gasteiger partial charge in [-0.05, 0) is 0 Å². The topological polar surface area (TPSA) is 241 Å². The quantitative estimate of drug-likeness (QED) is 0.318. The minimum atomic E-state index is -2.19. The largest absolute Gasteiger partial charge is 3.00 e. The summed E-state index contributed by atoms with van der Waals surface area (Å²) in [5, 5.41) is 53.6. The van der Waals surface area contributed by atoms with Crippen LogP contribution in [0.25, 0.3) is 0 Å². The Kier molecular flexibility index (Phi) is 28.3. The van der Waals surface area contributed by atoms with E-state index in [0.29, 0.717) is 0 Å². The number of hydrogen-bond donors (Lipinski definition) is 0. The van der Waals surface area contributed by atoms with Crippen LogP contribution in [-0.4, -0.2) is 35.8 Å². The fourth-order valence-corrected chi connectivity index (χ4v) is 0. The van der Waals surface area contributed by atoms with Crippen molar-refractivity contribution >= 4 is 35.8 Å². The van der Waals surface area contributed by atoms with Gasteiger partial charge in [0.1, 0.15) is 0 Å². The molecule has 12 nitrogen and oxygen atoms in total. The summed E-state index contributed by atoms with van der Waals surface area (Å²) in [6.45, 7) is 0. The predicted molar refractivity (Wildman–Crippen MR) is 30.0 cm³/mol. The Morgan fingerprint density at radius 2 is 0.400 bits per heavy atom. The third kappa shape index (κ3) is 36.0. The summed E-state index contributed by atoms with van der Waals surface area (Å²) in [6, 6.07) is 0. The van der Waals surface area contributed by atoms with Crippen LogP contribution in [-0.2, 0) is 94.2 Å². The zero-order valence-electron chi connectivity index (χ0n) is 9.05. The third-order valence-corrected chi connectivity index (χ3v) is 0.500. The summed E-state index contributed by atoms with van der Waals surface area (Å²) in [4.78, 5) is 53.6. The molecule has 0 aromatic carbocycles. The first-order valence-corrected chi connectivity index (χ1v) is 3.20. The van der Waals surface area contributed by atoms with Crippen LogP contribution in [0, 0.1) is 0 Å². The van der Waals surface area contributed by atoms with Crippen molar-refractivity contribution in [1.29, 1.82) is 0 Å². The van der Waals surface area contributed by atoms with E-state index in [-0.39, 0.29) is 65.4 Å². The predicted octanol–water partition coefficient (Wildman–Crippen LogP) is -10.5. The number of hydrogen-bond acceptors (Lipinski definition) is 12. The van der Waals surface area contributed by atoms with Crippen LogP contribution in [0.3, 0.4) is 0 Å². The second-order valence-electron chi connectivity index (χ2n) is 1.72. The molecule has 0 unspecified atom stereocenters. The summed E-state index contributed by atoms with van der Waals surface area (Å²) in [6.07, 6.45) is 0. The van der Waals surface area contributed by atoms with Gasteiger partial charge in [0.15, 0.2) is 0 Å². The molecular weight excluding hydrogens is 442 g/mol.